The van der Waals surface area contributed by atoms with Crippen LogP contribution in [0.5, 0.6) is 0 Å². The zero-order chi connectivity index (χ0) is 13.6. The van der Waals surface area contributed by atoms with E-state index in [1.807, 2.05) is 19.1 Å². The average molecular weight is 269 g/mol. The zero-order valence-corrected chi connectivity index (χ0v) is 12.3. The summed E-state index contributed by atoms with van der Waals surface area (Å²) in [6.45, 7) is 6.81. The van der Waals surface area contributed by atoms with Crippen molar-refractivity contribution in [1.29, 1.82) is 0 Å². The SMILES string of the molecule is CCCCNS(=O)(=O)c1ccc(C(C)CC)cc1. The third-order valence-electron chi connectivity index (χ3n) is 3.19. The number of hydrogen-bond donors (Lipinski definition) is 1. The van der Waals surface area contributed by atoms with Crippen molar-refractivity contribution >= 4 is 10.0 Å². The molecule has 0 bridgehead atoms. The third-order valence-corrected chi connectivity index (χ3v) is 4.67. The highest BCUT2D eigenvalue weighted by atomic mass is 32.2. The maximum Gasteiger partial charge on any atom is 0.240 e. The second kappa shape index (κ2) is 6.90. The van der Waals surface area contributed by atoms with E-state index in [-0.39, 0.29) is 0 Å². The van der Waals surface area contributed by atoms with Gasteiger partial charge in [0.25, 0.3) is 0 Å². The highest BCUT2D eigenvalue weighted by Gasteiger charge is 2.13. The highest BCUT2D eigenvalue weighted by molar-refractivity contribution is 7.89. The van der Waals surface area contributed by atoms with Gasteiger partial charge in [-0.3, -0.25) is 0 Å². The van der Waals surface area contributed by atoms with E-state index in [0.29, 0.717) is 17.4 Å². The van der Waals surface area contributed by atoms with Gasteiger partial charge in [0.1, 0.15) is 0 Å². The number of unbranched alkanes of at least 4 members (excludes halogenated alkanes) is 1. The molecule has 0 aliphatic heterocycles. The molecule has 18 heavy (non-hydrogen) atoms. The molecule has 0 aromatic heterocycles. The molecule has 102 valence electrons. The van der Waals surface area contributed by atoms with Crippen LogP contribution in [-0.4, -0.2) is 15.0 Å². The van der Waals surface area contributed by atoms with Gasteiger partial charge in [-0.15, -0.1) is 0 Å². The molecule has 0 spiro atoms. The Balaban J connectivity index is 2.78. The summed E-state index contributed by atoms with van der Waals surface area (Å²) in [7, 11) is -3.33. The van der Waals surface area contributed by atoms with Crippen molar-refractivity contribution in [2.24, 2.45) is 0 Å². The maximum absolute atomic E-state index is 11.9. The molecular weight excluding hydrogens is 246 g/mol. The lowest BCUT2D eigenvalue weighted by molar-refractivity contribution is 0.578. The van der Waals surface area contributed by atoms with Crippen LogP contribution in [0, 0.1) is 0 Å². The normalized spacial score (nSPS) is 13.5. The molecule has 1 N–H and O–H groups in total. The first-order chi connectivity index (χ1) is 8.51. The molecule has 1 rings (SSSR count). The molecule has 0 radical (unpaired) electrons. The Morgan fingerprint density at radius 2 is 1.78 bits per heavy atom. The lowest BCUT2D eigenvalue weighted by Crippen LogP contribution is -2.24. The van der Waals surface area contributed by atoms with Gasteiger partial charge >= 0.3 is 0 Å². The minimum atomic E-state index is -3.33. The van der Waals surface area contributed by atoms with Crippen LogP contribution in [0.3, 0.4) is 0 Å². The van der Waals surface area contributed by atoms with Gasteiger partial charge in [0.05, 0.1) is 4.90 Å². The second-order valence-corrected chi connectivity index (χ2v) is 6.40. The Morgan fingerprint density at radius 3 is 2.28 bits per heavy atom. The number of benzene rings is 1. The molecule has 1 unspecified atom stereocenters. The molecule has 0 amide bonds. The van der Waals surface area contributed by atoms with Crippen LogP contribution in [0.4, 0.5) is 0 Å². The standard InChI is InChI=1S/C14H23NO2S/c1-4-6-11-15-18(16,17)14-9-7-13(8-10-14)12(3)5-2/h7-10,12,15H,4-6,11H2,1-3H3. The van der Waals surface area contributed by atoms with Crippen LogP contribution >= 0.6 is 0 Å². The number of rotatable bonds is 7. The van der Waals surface area contributed by atoms with Crippen molar-refractivity contribution in [1.82, 2.24) is 4.72 Å². The number of nitrogens with one attached hydrogen (secondary N) is 1. The van der Waals surface area contributed by atoms with Gasteiger partial charge in [0.2, 0.25) is 10.0 Å². The van der Waals surface area contributed by atoms with Gasteiger partial charge in [-0.1, -0.05) is 39.3 Å². The highest BCUT2D eigenvalue weighted by Crippen LogP contribution is 2.20. The average Bonchev–Trinajstić information content (AvgIpc) is 2.38. The summed E-state index contributed by atoms with van der Waals surface area (Å²) in [5.74, 6) is 0.467. The van der Waals surface area contributed by atoms with E-state index in [9.17, 15) is 8.42 Å². The first-order valence-corrected chi connectivity index (χ1v) is 8.09. The molecule has 0 heterocycles. The fourth-order valence-corrected chi connectivity index (χ4v) is 2.75. The Kier molecular flexibility index (Phi) is 5.82. The van der Waals surface area contributed by atoms with Crippen LogP contribution in [0.15, 0.2) is 29.2 Å². The summed E-state index contributed by atoms with van der Waals surface area (Å²) in [6.07, 6.45) is 2.90. The smallest absolute Gasteiger partial charge is 0.211 e. The lowest BCUT2D eigenvalue weighted by atomic mass is 9.99. The van der Waals surface area contributed by atoms with Crippen molar-refractivity contribution in [3.8, 4) is 0 Å². The van der Waals surface area contributed by atoms with E-state index in [4.69, 9.17) is 0 Å². The summed E-state index contributed by atoms with van der Waals surface area (Å²) in [4.78, 5) is 0.352. The molecule has 0 saturated carbocycles. The van der Waals surface area contributed by atoms with Gasteiger partial charge < -0.3 is 0 Å². The van der Waals surface area contributed by atoms with Crippen molar-refractivity contribution < 1.29 is 8.42 Å². The predicted octanol–water partition coefficient (Wildman–Crippen LogP) is 3.28. The second-order valence-electron chi connectivity index (χ2n) is 4.63. The van der Waals surface area contributed by atoms with Crippen LogP contribution in [-0.2, 0) is 10.0 Å². The van der Waals surface area contributed by atoms with Crippen molar-refractivity contribution in [3.05, 3.63) is 29.8 Å². The van der Waals surface area contributed by atoms with Gasteiger partial charge in [-0.2, -0.15) is 0 Å². The Hall–Kier alpha value is -0.870. The largest absolute Gasteiger partial charge is 0.240 e. The summed E-state index contributed by atoms with van der Waals surface area (Å²) in [5, 5.41) is 0. The first-order valence-electron chi connectivity index (χ1n) is 6.60. The quantitative estimate of drug-likeness (QED) is 0.772. The van der Waals surface area contributed by atoms with E-state index in [0.717, 1.165) is 19.3 Å². The fourth-order valence-electron chi connectivity index (χ4n) is 1.68. The number of hydrogen-bond acceptors (Lipinski definition) is 2. The summed E-state index contributed by atoms with van der Waals surface area (Å²) in [5.41, 5.74) is 1.19. The molecule has 0 aliphatic carbocycles. The molecule has 1 atom stereocenters. The molecule has 1 aromatic carbocycles. The monoisotopic (exact) mass is 269 g/mol. The van der Waals surface area contributed by atoms with Gasteiger partial charge in [0, 0.05) is 6.54 Å². The van der Waals surface area contributed by atoms with E-state index in [1.165, 1.54) is 5.56 Å². The van der Waals surface area contributed by atoms with Crippen LogP contribution < -0.4 is 4.72 Å². The Bertz CT molecular complexity index is 451. The molecule has 0 aliphatic rings. The molecule has 3 nitrogen and oxygen atoms in total. The summed E-state index contributed by atoms with van der Waals surface area (Å²) in [6, 6.07) is 7.19. The maximum atomic E-state index is 11.9. The topological polar surface area (TPSA) is 46.2 Å². The summed E-state index contributed by atoms with van der Waals surface area (Å²) >= 11 is 0. The van der Waals surface area contributed by atoms with E-state index in [1.54, 1.807) is 12.1 Å². The van der Waals surface area contributed by atoms with Crippen LogP contribution in [0.25, 0.3) is 0 Å². The predicted molar refractivity (Wildman–Crippen MR) is 75.2 cm³/mol. The van der Waals surface area contributed by atoms with Crippen molar-refractivity contribution in [2.45, 2.75) is 50.8 Å². The fraction of sp³-hybridized carbons (Fsp3) is 0.571. The third kappa shape index (κ3) is 4.10. The molecule has 0 saturated heterocycles. The Morgan fingerprint density at radius 1 is 1.17 bits per heavy atom. The van der Waals surface area contributed by atoms with E-state index in [2.05, 4.69) is 18.6 Å². The number of sulfonamides is 1. The Labute approximate surface area is 111 Å². The zero-order valence-electron chi connectivity index (χ0n) is 11.4. The molecule has 0 fully saturated rings. The van der Waals surface area contributed by atoms with E-state index >= 15 is 0 Å². The van der Waals surface area contributed by atoms with Crippen LogP contribution in [0.2, 0.25) is 0 Å². The minimum Gasteiger partial charge on any atom is -0.211 e. The minimum absolute atomic E-state index is 0.352. The van der Waals surface area contributed by atoms with Gasteiger partial charge in [0.15, 0.2) is 0 Å². The molecular formula is C14H23NO2S. The molecule has 1 aromatic rings. The van der Waals surface area contributed by atoms with Gasteiger partial charge in [-0.05, 0) is 36.5 Å². The van der Waals surface area contributed by atoms with Crippen molar-refractivity contribution in [2.75, 3.05) is 6.54 Å². The molecule has 4 heteroatoms. The van der Waals surface area contributed by atoms with E-state index < -0.39 is 10.0 Å². The lowest BCUT2D eigenvalue weighted by Gasteiger charge is -2.10. The first kappa shape index (κ1) is 15.2. The summed E-state index contributed by atoms with van der Waals surface area (Å²) < 4.78 is 26.5. The van der Waals surface area contributed by atoms with Crippen molar-refractivity contribution in [3.63, 3.8) is 0 Å². The van der Waals surface area contributed by atoms with Gasteiger partial charge in [-0.25, -0.2) is 13.1 Å². The van der Waals surface area contributed by atoms with Crippen LogP contribution in [0.1, 0.15) is 51.5 Å².